The van der Waals surface area contributed by atoms with E-state index in [0.717, 1.165) is 5.56 Å². The van der Waals surface area contributed by atoms with Crippen LogP contribution < -0.4 is 0 Å². The standard InChI is InChI=1S/C17H17NO4/c1-21-15-11-14(19)7-9-17(15)10-8-16(20)18(17)22-12-13-5-3-2-4-6-13/h2-7,9,11H,8,10,12H2,1H3. The zero-order valence-corrected chi connectivity index (χ0v) is 12.3. The number of amides is 1. The van der Waals surface area contributed by atoms with Gasteiger partial charge in [0.05, 0.1) is 7.11 Å². The van der Waals surface area contributed by atoms with E-state index in [0.29, 0.717) is 18.6 Å². The lowest BCUT2D eigenvalue weighted by Crippen LogP contribution is -2.47. The third-order valence-corrected chi connectivity index (χ3v) is 3.96. The molecule has 0 bridgehead atoms. The summed E-state index contributed by atoms with van der Waals surface area (Å²) in [6.45, 7) is 0.285. The maximum Gasteiger partial charge on any atom is 0.247 e. The number of hydrogen-bond donors (Lipinski definition) is 0. The number of allylic oxidation sites excluding steroid dienone is 2. The zero-order chi connectivity index (χ0) is 15.6. The highest BCUT2D eigenvalue weighted by Gasteiger charge is 2.50. The van der Waals surface area contributed by atoms with Crippen LogP contribution in [0.4, 0.5) is 0 Å². The molecule has 1 atom stereocenters. The van der Waals surface area contributed by atoms with Crippen LogP contribution in [-0.4, -0.2) is 29.4 Å². The van der Waals surface area contributed by atoms with Crippen molar-refractivity contribution < 1.29 is 19.2 Å². The zero-order valence-electron chi connectivity index (χ0n) is 12.3. The van der Waals surface area contributed by atoms with Crippen LogP contribution in [0.5, 0.6) is 0 Å². The number of ether oxygens (including phenoxy) is 1. The second-order valence-electron chi connectivity index (χ2n) is 5.32. The van der Waals surface area contributed by atoms with Crippen LogP contribution >= 0.6 is 0 Å². The number of rotatable bonds is 4. The number of hydrogen-bond acceptors (Lipinski definition) is 4. The van der Waals surface area contributed by atoms with Gasteiger partial charge in [-0.1, -0.05) is 30.3 Å². The van der Waals surface area contributed by atoms with Crippen molar-refractivity contribution in [3.8, 4) is 0 Å². The van der Waals surface area contributed by atoms with E-state index in [9.17, 15) is 9.59 Å². The summed E-state index contributed by atoms with van der Waals surface area (Å²) in [7, 11) is 1.50. The Morgan fingerprint density at radius 2 is 2.00 bits per heavy atom. The fourth-order valence-electron chi connectivity index (χ4n) is 2.84. The Hall–Kier alpha value is -2.40. The third-order valence-electron chi connectivity index (χ3n) is 3.96. The van der Waals surface area contributed by atoms with E-state index in [1.807, 2.05) is 30.3 Å². The molecule has 1 spiro atoms. The number of carbonyl (C=O) groups excluding carboxylic acids is 2. The minimum Gasteiger partial charge on any atom is -0.498 e. The van der Waals surface area contributed by atoms with Gasteiger partial charge in [-0.3, -0.25) is 14.4 Å². The molecule has 1 aliphatic heterocycles. The molecule has 1 amide bonds. The molecule has 1 aromatic carbocycles. The van der Waals surface area contributed by atoms with Crippen molar-refractivity contribution in [3.63, 3.8) is 0 Å². The highest BCUT2D eigenvalue weighted by molar-refractivity contribution is 6.01. The van der Waals surface area contributed by atoms with Gasteiger partial charge in [0.1, 0.15) is 17.9 Å². The van der Waals surface area contributed by atoms with Crippen molar-refractivity contribution in [2.24, 2.45) is 0 Å². The first-order valence-electron chi connectivity index (χ1n) is 7.15. The fraction of sp³-hybridized carbons (Fsp3) is 0.294. The molecule has 1 unspecified atom stereocenters. The van der Waals surface area contributed by atoms with Crippen LogP contribution in [0.3, 0.4) is 0 Å². The molecule has 2 aliphatic rings. The maximum absolute atomic E-state index is 12.2. The van der Waals surface area contributed by atoms with Gasteiger partial charge in [0.25, 0.3) is 0 Å². The lowest BCUT2D eigenvalue weighted by Gasteiger charge is -2.36. The predicted molar refractivity (Wildman–Crippen MR) is 79.3 cm³/mol. The van der Waals surface area contributed by atoms with E-state index in [1.165, 1.54) is 24.3 Å². The first-order valence-corrected chi connectivity index (χ1v) is 7.15. The van der Waals surface area contributed by atoms with Crippen molar-refractivity contribution in [2.45, 2.75) is 25.0 Å². The van der Waals surface area contributed by atoms with Crippen LogP contribution in [0.25, 0.3) is 0 Å². The second-order valence-corrected chi connectivity index (χ2v) is 5.32. The van der Waals surface area contributed by atoms with Crippen molar-refractivity contribution >= 4 is 11.7 Å². The number of carbonyl (C=O) groups is 2. The summed E-state index contributed by atoms with van der Waals surface area (Å²) in [4.78, 5) is 29.5. The summed E-state index contributed by atoms with van der Waals surface area (Å²) >= 11 is 0. The molecular weight excluding hydrogens is 282 g/mol. The summed E-state index contributed by atoms with van der Waals surface area (Å²) < 4.78 is 5.35. The largest absolute Gasteiger partial charge is 0.498 e. The Labute approximate surface area is 128 Å². The van der Waals surface area contributed by atoms with Gasteiger partial charge in [0.15, 0.2) is 5.78 Å². The lowest BCUT2D eigenvalue weighted by molar-refractivity contribution is -0.206. The molecule has 1 heterocycles. The van der Waals surface area contributed by atoms with Crippen molar-refractivity contribution in [1.82, 2.24) is 5.06 Å². The maximum atomic E-state index is 12.2. The number of hydroxylamine groups is 2. The third kappa shape index (κ3) is 2.44. The minimum absolute atomic E-state index is 0.113. The number of benzene rings is 1. The fourth-order valence-corrected chi connectivity index (χ4v) is 2.84. The Morgan fingerprint density at radius 3 is 2.73 bits per heavy atom. The highest BCUT2D eigenvalue weighted by atomic mass is 16.7. The molecule has 1 saturated heterocycles. The molecule has 5 heteroatoms. The first-order chi connectivity index (χ1) is 10.7. The molecular formula is C17H17NO4. The summed E-state index contributed by atoms with van der Waals surface area (Å²) in [6, 6.07) is 9.62. The van der Waals surface area contributed by atoms with Crippen LogP contribution in [-0.2, 0) is 25.8 Å². The molecule has 1 fully saturated rings. The Bertz CT molecular complexity index is 650. The Kier molecular flexibility index (Phi) is 3.81. The first kappa shape index (κ1) is 14.5. The van der Waals surface area contributed by atoms with E-state index in [2.05, 4.69) is 0 Å². The van der Waals surface area contributed by atoms with Crippen LogP contribution in [0.15, 0.2) is 54.3 Å². The quantitative estimate of drug-likeness (QED) is 0.855. The molecule has 22 heavy (non-hydrogen) atoms. The van der Waals surface area contributed by atoms with Crippen LogP contribution in [0.1, 0.15) is 18.4 Å². The van der Waals surface area contributed by atoms with Gasteiger partial charge in [-0.05, 0) is 24.1 Å². The van der Waals surface area contributed by atoms with Crippen molar-refractivity contribution in [3.05, 3.63) is 59.9 Å². The van der Waals surface area contributed by atoms with Gasteiger partial charge in [0, 0.05) is 12.5 Å². The summed E-state index contributed by atoms with van der Waals surface area (Å²) in [6.07, 6.45) is 5.46. The van der Waals surface area contributed by atoms with Gasteiger partial charge >= 0.3 is 0 Å². The molecule has 0 radical (unpaired) electrons. The normalized spacial score (nSPS) is 24.0. The molecule has 0 aromatic heterocycles. The van der Waals surface area contributed by atoms with Crippen molar-refractivity contribution in [1.29, 1.82) is 0 Å². The average Bonchev–Trinajstić information content (AvgIpc) is 2.86. The molecule has 0 saturated carbocycles. The molecule has 1 aliphatic carbocycles. The molecule has 1 aromatic rings. The number of methoxy groups -OCH3 is 1. The van der Waals surface area contributed by atoms with Gasteiger partial charge < -0.3 is 4.74 Å². The Balaban J connectivity index is 1.84. The van der Waals surface area contributed by atoms with E-state index < -0.39 is 5.54 Å². The monoisotopic (exact) mass is 299 g/mol. The number of ketones is 1. The highest BCUT2D eigenvalue weighted by Crippen LogP contribution is 2.40. The van der Waals surface area contributed by atoms with E-state index in [-0.39, 0.29) is 18.3 Å². The van der Waals surface area contributed by atoms with E-state index >= 15 is 0 Å². The Morgan fingerprint density at radius 1 is 1.23 bits per heavy atom. The van der Waals surface area contributed by atoms with Gasteiger partial charge in [-0.25, -0.2) is 5.06 Å². The van der Waals surface area contributed by atoms with Gasteiger partial charge in [-0.15, -0.1) is 0 Å². The second kappa shape index (κ2) is 5.77. The summed E-state index contributed by atoms with van der Waals surface area (Å²) in [5, 5.41) is 1.35. The van der Waals surface area contributed by atoms with Crippen molar-refractivity contribution in [2.75, 3.05) is 7.11 Å². The van der Waals surface area contributed by atoms with Gasteiger partial charge in [0.2, 0.25) is 5.91 Å². The summed E-state index contributed by atoms with van der Waals surface area (Å²) in [5.74, 6) is 0.182. The molecule has 3 rings (SSSR count). The molecule has 114 valence electrons. The SMILES string of the molecule is COC1=CC(=O)C=CC12CCC(=O)N2OCc1ccccc1. The smallest absolute Gasteiger partial charge is 0.247 e. The average molecular weight is 299 g/mol. The summed E-state index contributed by atoms with van der Waals surface area (Å²) in [5.41, 5.74) is 0.158. The topological polar surface area (TPSA) is 55.8 Å². The van der Waals surface area contributed by atoms with Crippen LogP contribution in [0.2, 0.25) is 0 Å². The molecule has 0 N–H and O–H groups in total. The van der Waals surface area contributed by atoms with E-state index in [1.54, 1.807) is 6.08 Å². The minimum atomic E-state index is -0.811. The predicted octanol–water partition coefficient (Wildman–Crippen LogP) is 2.15. The van der Waals surface area contributed by atoms with Crippen LogP contribution in [0, 0.1) is 0 Å². The van der Waals surface area contributed by atoms with Gasteiger partial charge in [-0.2, -0.15) is 0 Å². The lowest BCUT2D eigenvalue weighted by atomic mass is 9.89. The molecule has 5 nitrogen and oxygen atoms in total. The van der Waals surface area contributed by atoms with E-state index in [4.69, 9.17) is 9.57 Å². The number of nitrogens with zero attached hydrogens (tertiary/aromatic N) is 1.